The molecule has 0 amide bonds. The maximum absolute atomic E-state index is 6.81. The van der Waals surface area contributed by atoms with Crippen molar-refractivity contribution < 1.29 is 4.42 Å². The van der Waals surface area contributed by atoms with E-state index in [9.17, 15) is 0 Å². The van der Waals surface area contributed by atoms with Crippen LogP contribution in [0.25, 0.3) is 186 Å². The van der Waals surface area contributed by atoms with Crippen LogP contribution in [0.2, 0.25) is 0 Å². The van der Waals surface area contributed by atoms with Gasteiger partial charge >= 0.3 is 0 Å². The van der Waals surface area contributed by atoms with Gasteiger partial charge in [0.05, 0.1) is 11.4 Å². The monoisotopic (exact) mass is 1540 g/mol. The van der Waals surface area contributed by atoms with Crippen LogP contribution in [0, 0.1) is 0 Å². The summed E-state index contributed by atoms with van der Waals surface area (Å²) in [6.45, 7) is 0. The molecule has 0 aliphatic heterocycles. The second kappa shape index (κ2) is 30.6. The lowest BCUT2D eigenvalue weighted by atomic mass is 9.87. The van der Waals surface area contributed by atoms with Crippen molar-refractivity contribution in [3.8, 4) is 122 Å². The predicted octanol–water partition coefficient (Wildman–Crippen LogP) is 33.5. The summed E-state index contributed by atoms with van der Waals surface area (Å²) in [6.07, 6.45) is 0. The summed E-state index contributed by atoms with van der Waals surface area (Å²) in [7, 11) is 0. The van der Waals surface area contributed by atoms with Gasteiger partial charge in [-0.25, -0.2) is 0 Å². The zero-order chi connectivity index (χ0) is 79.4. The average molecular weight is 1550 g/mol. The Morgan fingerprint density at radius 3 is 1.14 bits per heavy atom. The molecule has 0 aliphatic rings. The summed E-state index contributed by atoms with van der Waals surface area (Å²) in [6, 6.07) is 169. The highest BCUT2D eigenvalue weighted by Crippen LogP contribution is 2.53. The minimum Gasteiger partial charge on any atom is -0.456 e. The molecular weight excluding hydrogens is 1470 g/mol. The molecule has 0 unspecified atom stereocenters. The first-order chi connectivity index (χ1) is 59.5. The van der Waals surface area contributed by atoms with E-state index in [0.717, 1.165) is 145 Å². The number of hydrogen-bond donors (Lipinski definition) is 0. The summed E-state index contributed by atoms with van der Waals surface area (Å²) in [4.78, 5) is 4.92. The van der Waals surface area contributed by atoms with E-state index in [1.165, 1.54) is 75.1 Å². The topological polar surface area (TPSA) is 19.6 Å². The van der Waals surface area contributed by atoms with Gasteiger partial charge in [-0.05, 0) is 230 Å². The molecule has 2 heterocycles. The first-order valence-electron chi connectivity index (χ1n) is 41.1. The molecule has 4 heteroatoms. The Kier molecular flexibility index (Phi) is 18.1. The summed E-state index contributed by atoms with van der Waals surface area (Å²) in [5.41, 5.74) is 33.4. The standard InChI is InChI=1S/C116H76N2OS/c1-5-27-78(28-6-1)97-41-15-17-44-105(97)114-100(81-31-9-3-10-32-81)48-25-52-109(114)117(91-66-57-83(58-67-91)95-46-22-36-80-35-13-14-40-94(80)95)90-64-55-77(56-65-90)87-62-71-103-108-75-86(63-72-111(108)119-112(103)76-87)85-61-70-99-88(73-85)38-23-47-96(99)84-59-68-92(69-60-84)118(93-39-21-37-89(74-93)102-50-24-51-107-104-43-19-20-54-113(104)120-116(102)107)110-53-26-49-101(82-33-11-4-12-34-82)115(110)106-45-18-16-42-98(106)79-29-7-2-8-30-79/h1-76H. The third-order valence-corrected chi connectivity index (χ3v) is 25.1. The fourth-order valence-electron chi connectivity index (χ4n) is 18.2. The molecule has 0 atom stereocenters. The Labute approximate surface area is 701 Å². The Morgan fingerprint density at radius 2 is 0.550 bits per heavy atom. The number of rotatable bonds is 17. The van der Waals surface area contributed by atoms with Gasteiger partial charge in [0.1, 0.15) is 11.2 Å². The molecule has 3 nitrogen and oxygen atoms in total. The summed E-state index contributed by atoms with van der Waals surface area (Å²) in [5, 5.41) is 9.54. The molecule has 0 bridgehead atoms. The first kappa shape index (κ1) is 71.1. The van der Waals surface area contributed by atoms with Gasteiger partial charge in [-0.15, -0.1) is 11.3 Å². The maximum atomic E-state index is 6.81. The minimum absolute atomic E-state index is 0.845. The van der Waals surface area contributed by atoms with Crippen LogP contribution in [0.1, 0.15) is 0 Å². The number of furan rings is 1. The highest BCUT2D eigenvalue weighted by atomic mass is 32.1. The van der Waals surface area contributed by atoms with Crippen molar-refractivity contribution in [2.75, 3.05) is 9.80 Å². The van der Waals surface area contributed by atoms with Crippen LogP contribution >= 0.6 is 11.3 Å². The quantitative estimate of drug-likeness (QED) is 0.0906. The Balaban J connectivity index is 0.600. The van der Waals surface area contributed by atoms with Crippen molar-refractivity contribution in [3.63, 3.8) is 0 Å². The van der Waals surface area contributed by atoms with E-state index in [-0.39, 0.29) is 0 Å². The van der Waals surface area contributed by atoms with Gasteiger partial charge < -0.3 is 14.2 Å². The molecule has 562 valence electrons. The van der Waals surface area contributed by atoms with Gasteiger partial charge in [0.2, 0.25) is 0 Å². The zero-order valence-electron chi connectivity index (χ0n) is 65.6. The van der Waals surface area contributed by atoms with E-state index >= 15 is 0 Å². The van der Waals surface area contributed by atoms with Crippen LogP contribution in [0.15, 0.2) is 465 Å². The summed E-state index contributed by atoms with van der Waals surface area (Å²) < 4.78 is 9.39. The minimum atomic E-state index is 0.845. The van der Waals surface area contributed by atoms with Crippen molar-refractivity contribution >= 4 is 109 Å². The Bertz CT molecular complexity index is 7620. The van der Waals surface area contributed by atoms with Gasteiger partial charge in [0.15, 0.2) is 0 Å². The molecule has 0 saturated carbocycles. The van der Waals surface area contributed by atoms with Crippen molar-refractivity contribution in [3.05, 3.63) is 461 Å². The molecule has 0 radical (unpaired) electrons. The van der Waals surface area contributed by atoms with Gasteiger partial charge in [0.25, 0.3) is 0 Å². The number of fused-ring (bicyclic) bond motifs is 8. The van der Waals surface area contributed by atoms with Crippen LogP contribution in [0.5, 0.6) is 0 Å². The molecule has 0 aliphatic carbocycles. The summed E-state index contributed by atoms with van der Waals surface area (Å²) in [5.74, 6) is 0. The molecule has 22 rings (SSSR count). The van der Waals surface area contributed by atoms with Crippen LogP contribution in [-0.2, 0) is 0 Å². The van der Waals surface area contributed by atoms with Crippen LogP contribution in [-0.4, -0.2) is 0 Å². The molecule has 20 aromatic carbocycles. The third kappa shape index (κ3) is 13.0. The lowest BCUT2D eigenvalue weighted by Crippen LogP contribution is -2.12. The SMILES string of the molecule is c1ccc(-c2ccccc2-c2c(-c3ccccc3)cccc2N(c2ccc(-c3ccc4c(c3)oc3ccc(-c5ccc6c(-c7ccc(N(c8cccc(-c9cccc%10c9sc9ccccc9%10)c8)c8cccc(-c9ccccc9)c8-c8ccccc8-c8ccccc8)cc7)cccc6c5)cc34)cc2)c2ccc(-c3cccc4ccccc34)cc2)cc1. The summed E-state index contributed by atoms with van der Waals surface area (Å²) >= 11 is 1.87. The van der Waals surface area contributed by atoms with Gasteiger partial charge in [0, 0.05) is 64.8 Å². The second-order valence-electron chi connectivity index (χ2n) is 30.9. The van der Waals surface area contributed by atoms with Crippen LogP contribution < -0.4 is 9.80 Å². The smallest absolute Gasteiger partial charge is 0.136 e. The second-order valence-corrected chi connectivity index (χ2v) is 31.9. The number of hydrogen-bond acceptors (Lipinski definition) is 4. The normalized spacial score (nSPS) is 11.5. The molecule has 0 saturated heterocycles. The van der Waals surface area contributed by atoms with Crippen molar-refractivity contribution in [1.82, 2.24) is 0 Å². The molecule has 2 aromatic heterocycles. The number of anilines is 6. The van der Waals surface area contributed by atoms with Gasteiger partial charge in [-0.3, -0.25) is 0 Å². The highest BCUT2D eigenvalue weighted by Gasteiger charge is 2.27. The fraction of sp³-hybridized carbons (Fsp3) is 0. The number of benzene rings is 20. The van der Waals surface area contributed by atoms with Gasteiger partial charge in [-0.1, -0.05) is 364 Å². The van der Waals surface area contributed by atoms with Crippen molar-refractivity contribution in [1.29, 1.82) is 0 Å². The van der Waals surface area contributed by atoms with E-state index in [0.29, 0.717) is 0 Å². The highest BCUT2D eigenvalue weighted by molar-refractivity contribution is 7.26. The van der Waals surface area contributed by atoms with E-state index in [4.69, 9.17) is 4.42 Å². The Hall–Kier alpha value is -15.5. The Morgan fingerprint density at radius 1 is 0.175 bits per heavy atom. The maximum Gasteiger partial charge on any atom is 0.136 e. The van der Waals surface area contributed by atoms with E-state index in [2.05, 4.69) is 471 Å². The van der Waals surface area contributed by atoms with Crippen LogP contribution in [0.3, 0.4) is 0 Å². The predicted molar refractivity (Wildman–Crippen MR) is 511 cm³/mol. The lowest BCUT2D eigenvalue weighted by Gasteiger charge is -2.30. The van der Waals surface area contributed by atoms with E-state index in [1.807, 2.05) is 11.3 Å². The molecule has 120 heavy (non-hydrogen) atoms. The first-order valence-corrected chi connectivity index (χ1v) is 41.9. The van der Waals surface area contributed by atoms with Gasteiger partial charge in [-0.2, -0.15) is 0 Å². The van der Waals surface area contributed by atoms with E-state index < -0.39 is 0 Å². The largest absolute Gasteiger partial charge is 0.456 e. The lowest BCUT2D eigenvalue weighted by molar-refractivity contribution is 0.669. The van der Waals surface area contributed by atoms with Crippen LogP contribution in [0.4, 0.5) is 34.1 Å². The number of nitrogens with zero attached hydrogens (tertiary/aromatic N) is 2. The molecular formula is C116H76N2OS. The molecule has 22 aromatic rings. The zero-order valence-corrected chi connectivity index (χ0v) is 66.4. The molecule has 0 N–H and O–H groups in total. The van der Waals surface area contributed by atoms with Crippen molar-refractivity contribution in [2.45, 2.75) is 0 Å². The molecule has 0 spiro atoms. The third-order valence-electron chi connectivity index (χ3n) is 23.9. The fourth-order valence-corrected chi connectivity index (χ4v) is 19.5. The molecule has 0 fully saturated rings. The number of thiophene rings is 1. The van der Waals surface area contributed by atoms with Crippen molar-refractivity contribution in [2.24, 2.45) is 0 Å². The average Bonchev–Trinajstić information content (AvgIpc) is 0.859. The van der Waals surface area contributed by atoms with E-state index in [1.54, 1.807) is 0 Å².